The summed E-state index contributed by atoms with van der Waals surface area (Å²) in [6.45, 7) is 0. The van der Waals surface area contributed by atoms with Crippen molar-refractivity contribution < 1.29 is 14.7 Å². The number of aryl methyl sites for hydroxylation is 1. The number of nitrogens with one attached hydrogen (secondary N) is 1. The standard InChI is InChI=1S/C20H19N5O3/c26-18(11-6-13-4-7-14(8-5-13)20(27)28)21-16-3-1-2-15(12-16)19-22-23-24-25(19)17-9-10-17/h1-5,7-8,12,17H,6,9-11H2,(H,21,26)(H,27,28). The molecule has 8 nitrogen and oxygen atoms in total. The molecule has 1 aliphatic carbocycles. The summed E-state index contributed by atoms with van der Waals surface area (Å²) in [7, 11) is 0. The first-order valence-corrected chi connectivity index (χ1v) is 9.10. The van der Waals surface area contributed by atoms with E-state index in [1.165, 1.54) is 0 Å². The fourth-order valence-electron chi connectivity index (χ4n) is 2.98. The lowest BCUT2D eigenvalue weighted by molar-refractivity contribution is -0.116. The Kier molecular flexibility index (Phi) is 4.84. The molecule has 1 amide bonds. The van der Waals surface area contributed by atoms with E-state index in [9.17, 15) is 9.59 Å². The molecule has 0 aliphatic heterocycles. The van der Waals surface area contributed by atoms with E-state index in [0.717, 1.165) is 24.0 Å². The second-order valence-corrected chi connectivity index (χ2v) is 6.81. The number of rotatable bonds is 7. The summed E-state index contributed by atoms with van der Waals surface area (Å²) in [6.07, 6.45) is 3.01. The summed E-state index contributed by atoms with van der Waals surface area (Å²) in [5, 5.41) is 23.8. The van der Waals surface area contributed by atoms with Crippen molar-refractivity contribution in [3.05, 3.63) is 59.7 Å². The van der Waals surface area contributed by atoms with E-state index in [1.807, 2.05) is 28.9 Å². The van der Waals surface area contributed by atoms with Gasteiger partial charge in [-0.15, -0.1) is 5.10 Å². The zero-order chi connectivity index (χ0) is 19.5. The van der Waals surface area contributed by atoms with Crippen LogP contribution in [-0.4, -0.2) is 37.2 Å². The molecule has 3 aromatic rings. The molecule has 1 fully saturated rings. The Labute approximate surface area is 161 Å². The van der Waals surface area contributed by atoms with Crippen LogP contribution in [-0.2, 0) is 11.2 Å². The number of benzene rings is 2. The first-order valence-electron chi connectivity index (χ1n) is 9.10. The van der Waals surface area contributed by atoms with Gasteiger partial charge in [0, 0.05) is 17.7 Å². The normalized spacial score (nSPS) is 13.3. The summed E-state index contributed by atoms with van der Waals surface area (Å²) in [5.41, 5.74) is 2.70. The van der Waals surface area contributed by atoms with Gasteiger partial charge in [0.1, 0.15) is 0 Å². The van der Waals surface area contributed by atoms with Crippen LogP contribution < -0.4 is 5.32 Å². The van der Waals surface area contributed by atoms with Gasteiger partial charge >= 0.3 is 5.97 Å². The van der Waals surface area contributed by atoms with Crippen molar-refractivity contribution >= 4 is 17.6 Å². The number of carboxylic acid groups (broad SMARTS) is 1. The Bertz CT molecular complexity index is 1010. The largest absolute Gasteiger partial charge is 0.478 e. The van der Waals surface area contributed by atoms with Crippen molar-refractivity contribution in [2.45, 2.75) is 31.7 Å². The number of carboxylic acids is 1. The van der Waals surface area contributed by atoms with Crippen molar-refractivity contribution in [1.29, 1.82) is 0 Å². The zero-order valence-electron chi connectivity index (χ0n) is 15.1. The van der Waals surface area contributed by atoms with Gasteiger partial charge in [0.25, 0.3) is 0 Å². The quantitative estimate of drug-likeness (QED) is 0.655. The van der Waals surface area contributed by atoms with Crippen molar-refractivity contribution in [3.8, 4) is 11.4 Å². The van der Waals surface area contributed by atoms with Gasteiger partial charge in [-0.25, -0.2) is 9.48 Å². The van der Waals surface area contributed by atoms with Crippen LogP contribution in [0.1, 0.15) is 41.2 Å². The number of hydrogen-bond donors (Lipinski definition) is 2. The van der Waals surface area contributed by atoms with Crippen LogP contribution in [0.4, 0.5) is 5.69 Å². The molecule has 4 rings (SSSR count). The molecule has 1 heterocycles. The Morgan fingerprint density at radius 3 is 2.64 bits per heavy atom. The molecule has 1 aliphatic rings. The van der Waals surface area contributed by atoms with Crippen LogP contribution in [0.5, 0.6) is 0 Å². The van der Waals surface area contributed by atoms with E-state index < -0.39 is 5.97 Å². The van der Waals surface area contributed by atoms with Crippen molar-refractivity contribution in [2.75, 3.05) is 5.32 Å². The van der Waals surface area contributed by atoms with E-state index in [2.05, 4.69) is 20.8 Å². The number of anilines is 1. The Hall–Kier alpha value is -3.55. The summed E-state index contributed by atoms with van der Waals surface area (Å²) in [4.78, 5) is 23.2. The van der Waals surface area contributed by atoms with Crippen LogP contribution in [0, 0.1) is 0 Å². The molecule has 1 aromatic heterocycles. The molecule has 142 valence electrons. The highest BCUT2D eigenvalue weighted by Crippen LogP contribution is 2.36. The lowest BCUT2D eigenvalue weighted by Crippen LogP contribution is -2.12. The number of aromatic nitrogens is 4. The smallest absolute Gasteiger partial charge is 0.335 e. The second kappa shape index (κ2) is 7.59. The van der Waals surface area contributed by atoms with E-state index in [0.29, 0.717) is 30.4 Å². The molecular weight excluding hydrogens is 358 g/mol. The zero-order valence-corrected chi connectivity index (χ0v) is 15.1. The van der Waals surface area contributed by atoms with E-state index >= 15 is 0 Å². The number of hydrogen-bond acceptors (Lipinski definition) is 5. The van der Waals surface area contributed by atoms with Crippen molar-refractivity contribution in [3.63, 3.8) is 0 Å². The van der Waals surface area contributed by atoms with Gasteiger partial charge in [-0.3, -0.25) is 4.79 Å². The number of carbonyl (C=O) groups excluding carboxylic acids is 1. The maximum Gasteiger partial charge on any atom is 0.335 e. The third kappa shape index (κ3) is 4.06. The fraction of sp³-hybridized carbons (Fsp3) is 0.250. The second-order valence-electron chi connectivity index (χ2n) is 6.81. The molecule has 2 aromatic carbocycles. The van der Waals surface area contributed by atoms with Gasteiger partial charge in [0.05, 0.1) is 11.6 Å². The maximum atomic E-state index is 12.3. The molecule has 1 saturated carbocycles. The van der Waals surface area contributed by atoms with E-state index in [-0.39, 0.29) is 11.5 Å². The topological polar surface area (TPSA) is 110 Å². The highest BCUT2D eigenvalue weighted by molar-refractivity contribution is 5.91. The Morgan fingerprint density at radius 1 is 1.14 bits per heavy atom. The lowest BCUT2D eigenvalue weighted by atomic mass is 10.1. The molecular formula is C20H19N5O3. The fourth-order valence-corrected chi connectivity index (χ4v) is 2.98. The third-order valence-corrected chi connectivity index (χ3v) is 4.63. The highest BCUT2D eigenvalue weighted by atomic mass is 16.4. The predicted octanol–water partition coefficient (Wildman–Crippen LogP) is 2.94. The molecule has 0 saturated heterocycles. The van der Waals surface area contributed by atoms with Gasteiger partial charge in [0.15, 0.2) is 5.82 Å². The van der Waals surface area contributed by atoms with Crippen LogP contribution in [0.25, 0.3) is 11.4 Å². The van der Waals surface area contributed by atoms with Gasteiger partial charge in [-0.1, -0.05) is 24.3 Å². The average molecular weight is 377 g/mol. The molecule has 0 spiro atoms. The summed E-state index contributed by atoms with van der Waals surface area (Å²) in [6, 6.07) is 14.4. The van der Waals surface area contributed by atoms with Crippen LogP contribution in [0.15, 0.2) is 48.5 Å². The summed E-state index contributed by atoms with van der Waals surface area (Å²) in [5.74, 6) is -0.366. The molecule has 0 bridgehead atoms. The number of aromatic carboxylic acids is 1. The number of tetrazole rings is 1. The van der Waals surface area contributed by atoms with Crippen molar-refractivity contribution in [2.24, 2.45) is 0 Å². The molecule has 2 N–H and O–H groups in total. The molecule has 0 unspecified atom stereocenters. The molecule has 0 atom stereocenters. The lowest BCUT2D eigenvalue weighted by Gasteiger charge is -2.08. The first kappa shape index (κ1) is 17.8. The number of amides is 1. The van der Waals surface area contributed by atoms with Gasteiger partial charge in [-0.2, -0.15) is 0 Å². The minimum absolute atomic E-state index is 0.110. The number of carbonyl (C=O) groups is 2. The van der Waals surface area contributed by atoms with E-state index in [1.54, 1.807) is 24.3 Å². The maximum absolute atomic E-state index is 12.3. The van der Waals surface area contributed by atoms with Gasteiger partial charge < -0.3 is 10.4 Å². The Balaban J connectivity index is 1.38. The highest BCUT2D eigenvalue weighted by Gasteiger charge is 2.28. The SMILES string of the molecule is O=C(CCc1ccc(C(=O)O)cc1)Nc1cccc(-c2nnnn2C2CC2)c1. The van der Waals surface area contributed by atoms with E-state index in [4.69, 9.17) is 5.11 Å². The minimum atomic E-state index is -0.961. The van der Waals surface area contributed by atoms with Gasteiger partial charge in [-0.05, 0) is 59.5 Å². The van der Waals surface area contributed by atoms with Crippen LogP contribution in [0.3, 0.4) is 0 Å². The molecule has 8 heteroatoms. The molecule has 28 heavy (non-hydrogen) atoms. The van der Waals surface area contributed by atoms with Crippen molar-refractivity contribution in [1.82, 2.24) is 20.2 Å². The minimum Gasteiger partial charge on any atom is -0.478 e. The molecule has 0 radical (unpaired) electrons. The summed E-state index contributed by atoms with van der Waals surface area (Å²) < 4.78 is 1.84. The summed E-state index contributed by atoms with van der Waals surface area (Å²) >= 11 is 0. The van der Waals surface area contributed by atoms with Crippen LogP contribution >= 0.6 is 0 Å². The Morgan fingerprint density at radius 2 is 1.93 bits per heavy atom. The first-order chi connectivity index (χ1) is 13.6. The average Bonchev–Trinajstić information content (AvgIpc) is 3.43. The monoisotopic (exact) mass is 377 g/mol. The predicted molar refractivity (Wildman–Crippen MR) is 102 cm³/mol. The number of nitrogens with zero attached hydrogens (tertiary/aromatic N) is 4. The van der Waals surface area contributed by atoms with Gasteiger partial charge in [0.2, 0.25) is 5.91 Å². The third-order valence-electron chi connectivity index (χ3n) is 4.63. The van der Waals surface area contributed by atoms with Crippen LogP contribution in [0.2, 0.25) is 0 Å².